The molecule has 0 aliphatic heterocycles. The maximum absolute atomic E-state index is 6.18. The van der Waals surface area contributed by atoms with Crippen LogP contribution < -0.4 is 4.74 Å². The first-order valence-electron chi connectivity index (χ1n) is 7.90. The Kier molecular flexibility index (Phi) is 5.46. The summed E-state index contributed by atoms with van der Waals surface area (Å²) in [5.41, 5.74) is 1.11. The highest BCUT2D eigenvalue weighted by molar-refractivity contribution is 6.36. The summed E-state index contributed by atoms with van der Waals surface area (Å²) in [5.74, 6) is 1.10. The third-order valence-corrected chi connectivity index (χ3v) is 4.78. The lowest BCUT2D eigenvalue weighted by molar-refractivity contribution is 0.221. The van der Waals surface area contributed by atoms with E-state index < -0.39 is 0 Å². The normalized spacial score (nSPS) is 11.0. The Morgan fingerprint density at radius 3 is 2.43 bits per heavy atom. The van der Waals surface area contributed by atoms with E-state index in [4.69, 9.17) is 55.7 Å². The van der Waals surface area contributed by atoms with Crippen molar-refractivity contribution in [2.75, 3.05) is 0 Å². The van der Waals surface area contributed by atoms with Gasteiger partial charge in [0.15, 0.2) is 12.4 Å². The van der Waals surface area contributed by atoms with Crippen molar-refractivity contribution in [3.8, 4) is 28.7 Å². The van der Waals surface area contributed by atoms with Crippen molar-refractivity contribution < 1.29 is 9.26 Å². The summed E-state index contributed by atoms with van der Waals surface area (Å²) >= 11 is 24.1. The number of ether oxygens (including phenoxy) is 1. The van der Waals surface area contributed by atoms with Gasteiger partial charge in [0, 0.05) is 21.8 Å². The molecule has 0 aliphatic rings. The minimum Gasteiger partial charge on any atom is -0.470 e. The first-order chi connectivity index (χ1) is 13.5. The summed E-state index contributed by atoms with van der Waals surface area (Å²) in [6.45, 7) is 0.144. The van der Waals surface area contributed by atoms with Crippen molar-refractivity contribution in [2.45, 2.75) is 6.73 Å². The van der Waals surface area contributed by atoms with E-state index in [0.29, 0.717) is 42.9 Å². The molecule has 0 saturated carbocycles. The molecule has 4 aromatic rings. The highest BCUT2D eigenvalue weighted by atomic mass is 35.5. The molecule has 142 valence electrons. The van der Waals surface area contributed by atoms with Gasteiger partial charge in [0.2, 0.25) is 5.82 Å². The lowest BCUT2D eigenvalue weighted by Crippen LogP contribution is -2.06. The zero-order chi connectivity index (χ0) is 19.7. The number of rotatable bonds is 5. The molecule has 0 atom stereocenters. The maximum Gasteiger partial charge on any atom is 0.278 e. The van der Waals surface area contributed by atoms with Crippen molar-refractivity contribution in [1.29, 1.82) is 0 Å². The van der Waals surface area contributed by atoms with Crippen LogP contribution in [-0.4, -0.2) is 19.9 Å². The standard InChI is InChI=1S/C18H10Cl4N4O2/c19-10-1-3-12(13(21)7-10)17-23-18(28-25-17)15-5-6-26(24-15)9-27-16-4-2-11(20)8-14(16)22/h1-8H,9H2. The average Bonchev–Trinajstić information content (AvgIpc) is 3.30. The third kappa shape index (κ3) is 4.10. The molecule has 0 unspecified atom stereocenters. The largest absolute Gasteiger partial charge is 0.470 e. The van der Waals surface area contributed by atoms with Gasteiger partial charge >= 0.3 is 0 Å². The summed E-state index contributed by atoms with van der Waals surface area (Å²) in [4.78, 5) is 4.34. The molecule has 0 N–H and O–H groups in total. The SMILES string of the molecule is Clc1ccc(OCn2ccc(-c3nc(-c4ccc(Cl)cc4Cl)no3)n2)c(Cl)c1. The number of hydrogen-bond acceptors (Lipinski definition) is 5. The quantitative estimate of drug-likeness (QED) is 0.355. The first-order valence-corrected chi connectivity index (χ1v) is 9.41. The number of nitrogens with zero attached hydrogens (tertiary/aromatic N) is 4. The van der Waals surface area contributed by atoms with Crippen molar-refractivity contribution in [2.24, 2.45) is 0 Å². The Bertz CT molecular complexity index is 1140. The summed E-state index contributed by atoms with van der Waals surface area (Å²) in [5, 5.41) is 10.2. The Balaban J connectivity index is 1.49. The summed E-state index contributed by atoms with van der Waals surface area (Å²) in [7, 11) is 0. The van der Waals surface area contributed by atoms with Crippen molar-refractivity contribution in [3.05, 3.63) is 68.8 Å². The lowest BCUT2D eigenvalue weighted by Gasteiger charge is -2.07. The summed E-state index contributed by atoms with van der Waals surface area (Å²) in [6, 6.07) is 11.8. The number of aromatic nitrogens is 4. The second-order valence-electron chi connectivity index (χ2n) is 5.64. The molecule has 2 aromatic heterocycles. The Morgan fingerprint density at radius 1 is 0.929 bits per heavy atom. The zero-order valence-electron chi connectivity index (χ0n) is 13.9. The summed E-state index contributed by atoms with van der Waals surface area (Å²) in [6.07, 6.45) is 1.72. The molecule has 0 spiro atoms. The van der Waals surface area contributed by atoms with Crippen molar-refractivity contribution in [3.63, 3.8) is 0 Å². The van der Waals surface area contributed by atoms with E-state index in [2.05, 4.69) is 15.2 Å². The molecule has 4 rings (SSSR count). The van der Waals surface area contributed by atoms with Crippen LogP contribution in [0.5, 0.6) is 5.75 Å². The van der Waals surface area contributed by atoms with Crippen molar-refractivity contribution in [1.82, 2.24) is 19.9 Å². The van der Waals surface area contributed by atoms with E-state index >= 15 is 0 Å². The Labute approximate surface area is 179 Å². The molecule has 2 heterocycles. The predicted octanol–water partition coefficient (Wildman–Crippen LogP) is 6.25. The van der Waals surface area contributed by atoms with Gasteiger partial charge < -0.3 is 9.26 Å². The van der Waals surface area contributed by atoms with Crippen LogP contribution in [0.25, 0.3) is 23.0 Å². The molecule has 0 saturated heterocycles. The average molecular weight is 456 g/mol. The van der Waals surface area contributed by atoms with Gasteiger partial charge in [-0.15, -0.1) is 0 Å². The van der Waals surface area contributed by atoms with E-state index in [-0.39, 0.29) is 12.6 Å². The van der Waals surface area contributed by atoms with E-state index in [9.17, 15) is 0 Å². The molecule has 0 bridgehead atoms. The highest BCUT2D eigenvalue weighted by Crippen LogP contribution is 2.30. The minimum atomic E-state index is 0.144. The Morgan fingerprint density at radius 2 is 1.68 bits per heavy atom. The van der Waals surface area contributed by atoms with E-state index in [0.717, 1.165) is 0 Å². The van der Waals surface area contributed by atoms with Crippen LogP contribution in [0.15, 0.2) is 53.2 Å². The first kappa shape index (κ1) is 19.1. The molecule has 0 fully saturated rings. The molecule has 0 aliphatic carbocycles. The number of benzene rings is 2. The fraction of sp³-hybridized carbons (Fsp3) is 0.0556. The van der Waals surface area contributed by atoms with Crippen LogP contribution >= 0.6 is 46.4 Å². The molecule has 2 aromatic carbocycles. The molecule has 6 nitrogen and oxygen atoms in total. The van der Waals surface area contributed by atoms with Crippen LogP contribution in [0.1, 0.15) is 0 Å². The van der Waals surface area contributed by atoms with Crippen LogP contribution in [-0.2, 0) is 6.73 Å². The monoisotopic (exact) mass is 454 g/mol. The Hall–Kier alpha value is -2.25. The smallest absolute Gasteiger partial charge is 0.278 e. The minimum absolute atomic E-state index is 0.144. The molecular formula is C18H10Cl4N4O2. The van der Waals surface area contributed by atoms with E-state index in [1.165, 1.54) is 0 Å². The fourth-order valence-electron chi connectivity index (χ4n) is 2.38. The maximum atomic E-state index is 6.18. The third-order valence-electron chi connectivity index (χ3n) is 3.70. The predicted molar refractivity (Wildman–Crippen MR) is 108 cm³/mol. The fourth-order valence-corrected chi connectivity index (χ4v) is 3.34. The second kappa shape index (κ2) is 8.01. The van der Waals surface area contributed by atoms with Crippen LogP contribution in [0.2, 0.25) is 20.1 Å². The van der Waals surface area contributed by atoms with E-state index in [1.807, 2.05) is 0 Å². The van der Waals surface area contributed by atoms with Crippen molar-refractivity contribution >= 4 is 46.4 Å². The van der Waals surface area contributed by atoms with Gasteiger partial charge in [0.25, 0.3) is 5.89 Å². The van der Waals surface area contributed by atoms with Gasteiger partial charge in [-0.05, 0) is 42.5 Å². The van der Waals surface area contributed by atoms with Crippen LogP contribution in [0.3, 0.4) is 0 Å². The molecule has 0 amide bonds. The number of hydrogen-bond donors (Lipinski definition) is 0. The molecule has 10 heteroatoms. The van der Waals surface area contributed by atoms with Gasteiger partial charge in [-0.25, -0.2) is 4.68 Å². The molecule has 0 radical (unpaired) electrons. The van der Waals surface area contributed by atoms with Gasteiger partial charge in [0.1, 0.15) is 5.75 Å². The van der Waals surface area contributed by atoms with E-state index in [1.54, 1.807) is 53.3 Å². The molecule has 28 heavy (non-hydrogen) atoms. The summed E-state index contributed by atoms with van der Waals surface area (Å²) < 4.78 is 12.5. The van der Waals surface area contributed by atoms with Gasteiger partial charge in [-0.2, -0.15) is 10.1 Å². The highest BCUT2D eigenvalue weighted by Gasteiger charge is 2.15. The van der Waals surface area contributed by atoms with Gasteiger partial charge in [0.05, 0.1) is 10.0 Å². The second-order valence-corrected chi connectivity index (χ2v) is 7.32. The number of halogens is 4. The molecular weight excluding hydrogens is 446 g/mol. The lowest BCUT2D eigenvalue weighted by atomic mass is 10.2. The van der Waals surface area contributed by atoms with Crippen LogP contribution in [0.4, 0.5) is 0 Å². The van der Waals surface area contributed by atoms with Gasteiger partial charge in [-0.3, -0.25) is 0 Å². The van der Waals surface area contributed by atoms with Gasteiger partial charge in [-0.1, -0.05) is 51.6 Å². The van der Waals surface area contributed by atoms with Crippen LogP contribution in [0, 0.1) is 0 Å². The topological polar surface area (TPSA) is 66.0 Å². The zero-order valence-corrected chi connectivity index (χ0v) is 17.0.